The molecule has 0 bridgehead atoms. The fourth-order valence-electron chi connectivity index (χ4n) is 2.59. The van der Waals surface area contributed by atoms with E-state index in [1.807, 2.05) is 0 Å². The molecule has 2 rings (SSSR count). The molecule has 4 nitrogen and oxygen atoms in total. The van der Waals surface area contributed by atoms with Crippen LogP contribution in [0.4, 0.5) is 0 Å². The molecular weight excluding hydrogens is 304 g/mol. The van der Waals surface area contributed by atoms with Crippen LogP contribution in [0.25, 0.3) is 0 Å². The van der Waals surface area contributed by atoms with E-state index in [0.29, 0.717) is 24.3 Å². The molecule has 128 valence electrons. The minimum Gasteiger partial charge on any atom is -0.508 e. The van der Waals surface area contributed by atoms with Gasteiger partial charge in [-0.05, 0) is 55.0 Å². The van der Waals surface area contributed by atoms with E-state index in [0.717, 1.165) is 12.0 Å². The van der Waals surface area contributed by atoms with Crippen LogP contribution < -0.4 is 0 Å². The smallest absolute Gasteiger partial charge is 0.166 e. The zero-order valence-electron chi connectivity index (χ0n) is 14.1. The molecule has 0 aliphatic carbocycles. The Kier molecular flexibility index (Phi) is 5.85. The van der Waals surface area contributed by atoms with Gasteiger partial charge in [0.15, 0.2) is 5.78 Å². The van der Waals surface area contributed by atoms with E-state index in [-0.39, 0.29) is 35.0 Å². The molecular formula is C20H24O4. The Balaban J connectivity index is 2.11. The van der Waals surface area contributed by atoms with Crippen molar-refractivity contribution in [1.29, 1.82) is 0 Å². The van der Waals surface area contributed by atoms with Crippen molar-refractivity contribution in [3.05, 3.63) is 53.1 Å². The van der Waals surface area contributed by atoms with Gasteiger partial charge in [0.05, 0.1) is 5.56 Å². The summed E-state index contributed by atoms with van der Waals surface area (Å²) in [4.78, 5) is 12.4. The van der Waals surface area contributed by atoms with Gasteiger partial charge in [0.2, 0.25) is 0 Å². The summed E-state index contributed by atoms with van der Waals surface area (Å²) in [6.45, 7) is 4.14. The summed E-state index contributed by atoms with van der Waals surface area (Å²) in [5.41, 5.74) is 1.64. The van der Waals surface area contributed by atoms with Gasteiger partial charge in [0, 0.05) is 12.0 Å². The molecule has 0 radical (unpaired) electrons. The predicted molar refractivity (Wildman–Crippen MR) is 93.7 cm³/mol. The summed E-state index contributed by atoms with van der Waals surface area (Å²) in [6.07, 6.45) is 2.15. The number of carbonyl (C=O) groups is 1. The lowest BCUT2D eigenvalue weighted by Gasteiger charge is -2.12. The van der Waals surface area contributed by atoms with Crippen LogP contribution in [-0.4, -0.2) is 21.1 Å². The van der Waals surface area contributed by atoms with Crippen LogP contribution in [0.5, 0.6) is 17.2 Å². The topological polar surface area (TPSA) is 77.8 Å². The van der Waals surface area contributed by atoms with Crippen molar-refractivity contribution in [2.45, 2.75) is 39.5 Å². The summed E-state index contributed by atoms with van der Waals surface area (Å²) in [6, 6.07) is 9.66. The highest BCUT2D eigenvalue weighted by atomic mass is 16.3. The second kappa shape index (κ2) is 7.86. The van der Waals surface area contributed by atoms with Crippen LogP contribution >= 0.6 is 0 Å². The third-order valence-electron chi connectivity index (χ3n) is 4.11. The number of hydrogen-bond acceptors (Lipinski definition) is 4. The lowest BCUT2D eigenvalue weighted by atomic mass is 9.95. The summed E-state index contributed by atoms with van der Waals surface area (Å²) >= 11 is 0. The molecule has 0 aromatic heterocycles. The minimum absolute atomic E-state index is 0.0308. The molecule has 0 aliphatic heterocycles. The van der Waals surface area contributed by atoms with Crippen LogP contribution in [0.1, 0.15) is 48.2 Å². The second-order valence-corrected chi connectivity index (χ2v) is 6.48. The minimum atomic E-state index is -0.161. The molecule has 0 atom stereocenters. The number of ketones is 1. The van der Waals surface area contributed by atoms with Crippen LogP contribution in [0.3, 0.4) is 0 Å². The van der Waals surface area contributed by atoms with Crippen molar-refractivity contribution in [3.8, 4) is 17.2 Å². The van der Waals surface area contributed by atoms with Crippen molar-refractivity contribution in [2.24, 2.45) is 5.92 Å². The van der Waals surface area contributed by atoms with Crippen LogP contribution in [-0.2, 0) is 12.8 Å². The number of aromatic hydroxyl groups is 3. The summed E-state index contributed by atoms with van der Waals surface area (Å²) in [5.74, 6) is 0.398. The van der Waals surface area contributed by atoms with Gasteiger partial charge in [-0.2, -0.15) is 0 Å². The standard InChI is InChI=1S/C20H24O4/c1-13(2)3-9-16-19(23)12-10-17(20(16)24)18(22)11-6-14-4-7-15(21)8-5-14/h4-5,7-8,10,12-13,21,23-24H,3,6,9,11H2,1-2H3. The Morgan fingerprint density at radius 2 is 1.62 bits per heavy atom. The maximum atomic E-state index is 12.4. The molecule has 0 heterocycles. The lowest BCUT2D eigenvalue weighted by Crippen LogP contribution is -2.04. The molecule has 0 spiro atoms. The lowest BCUT2D eigenvalue weighted by molar-refractivity contribution is 0.0980. The van der Waals surface area contributed by atoms with Gasteiger partial charge in [-0.3, -0.25) is 4.79 Å². The molecule has 24 heavy (non-hydrogen) atoms. The van der Waals surface area contributed by atoms with Gasteiger partial charge in [0.1, 0.15) is 17.2 Å². The first-order chi connectivity index (χ1) is 11.4. The van der Waals surface area contributed by atoms with E-state index >= 15 is 0 Å². The van der Waals surface area contributed by atoms with E-state index in [4.69, 9.17) is 0 Å². The molecule has 2 aromatic carbocycles. The fraction of sp³-hybridized carbons (Fsp3) is 0.350. The van der Waals surface area contributed by atoms with E-state index in [1.54, 1.807) is 24.3 Å². The molecule has 0 fully saturated rings. The van der Waals surface area contributed by atoms with Crippen LogP contribution in [0.2, 0.25) is 0 Å². The Morgan fingerprint density at radius 1 is 0.958 bits per heavy atom. The number of benzene rings is 2. The number of aryl methyl sites for hydroxylation is 1. The highest BCUT2D eigenvalue weighted by molar-refractivity contribution is 5.99. The maximum absolute atomic E-state index is 12.4. The summed E-state index contributed by atoms with van der Waals surface area (Å²) in [7, 11) is 0. The number of hydrogen-bond donors (Lipinski definition) is 3. The Morgan fingerprint density at radius 3 is 2.25 bits per heavy atom. The molecule has 4 heteroatoms. The second-order valence-electron chi connectivity index (χ2n) is 6.48. The normalized spacial score (nSPS) is 11.0. The highest BCUT2D eigenvalue weighted by Crippen LogP contribution is 2.33. The first-order valence-electron chi connectivity index (χ1n) is 8.23. The first kappa shape index (κ1) is 17.9. The molecule has 2 aromatic rings. The van der Waals surface area contributed by atoms with E-state index < -0.39 is 0 Å². The van der Waals surface area contributed by atoms with Crippen molar-refractivity contribution >= 4 is 5.78 Å². The number of phenolic OH excluding ortho intramolecular Hbond substituents is 3. The summed E-state index contributed by atoms with van der Waals surface area (Å²) < 4.78 is 0. The van der Waals surface area contributed by atoms with Gasteiger partial charge in [-0.1, -0.05) is 26.0 Å². The first-order valence-corrected chi connectivity index (χ1v) is 8.23. The van der Waals surface area contributed by atoms with E-state index in [2.05, 4.69) is 13.8 Å². The van der Waals surface area contributed by atoms with Crippen LogP contribution in [0.15, 0.2) is 36.4 Å². The molecule has 0 amide bonds. The summed E-state index contributed by atoms with van der Waals surface area (Å²) in [5, 5.41) is 29.6. The zero-order valence-corrected chi connectivity index (χ0v) is 14.1. The maximum Gasteiger partial charge on any atom is 0.166 e. The number of phenols is 3. The monoisotopic (exact) mass is 328 g/mol. The molecule has 0 saturated carbocycles. The number of rotatable bonds is 7. The molecule has 0 unspecified atom stereocenters. The van der Waals surface area contributed by atoms with Crippen molar-refractivity contribution in [2.75, 3.05) is 0 Å². The van der Waals surface area contributed by atoms with Crippen LogP contribution in [0, 0.1) is 5.92 Å². The third-order valence-corrected chi connectivity index (χ3v) is 4.11. The van der Waals surface area contributed by atoms with Gasteiger partial charge in [0.25, 0.3) is 0 Å². The van der Waals surface area contributed by atoms with Gasteiger partial charge >= 0.3 is 0 Å². The Hall–Kier alpha value is -2.49. The zero-order chi connectivity index (χ0) is 17.7. The van der Waals surface area contributed by atoms with Crippen molar-refractivity contribution < 1.29 is 20.1 Å². The largest absolute Gasteiger partial charge is 0.508 e. The van der Waals surface area contributed by atoms with E-state index in [9.17, 15) is 20.1 Å². The number of carbonyl (C=O) groups excluding carboxylic acids is 1. The van der Waals surface area contributed by atoms with E-state index in [1.165, 1.54) is 12.1 Å². The van der Waals surface area contributed by atoms with Gasteiger partial charge in [-0.25, -0.2) is 0 Å². The predicted octanol–water partition coefficient (Wildman–Crippen LogP) is 4.21. The van der Waals surface area contributed by atoms with Crippen molar-refractivity contribution in [1.82, 2.24) is 0 Å². The molecule has 0 saturated heterocycles. The SMILES string of the molecule is CC(C)CCc1c(O)ccc(C(=O)CCc2ccc(O)cc2)c1O. The quantitative estimate of drug-likeness (QED) is 0.665. The highest BCUT2D eigenvalue weighted by Gasteiger charge is 2.17. The van der Waals surface area contributed by atoms with Gasteiger partial charge in [-0.15, -0.1) is 0 Å². The molecule has 0 aliphatic rings. The Bertz CT molecular complexity index is 702. The van der Waals surface area contributed by atoms with Crippen molar-refractivity contribution in [3.63, 3.8) is 0 Å². The fourth-order valence-corrected chi connectivity index (χ4v) is 2.59. The van der Waals surface area contributed by atoms with Gasteiger partial charge < -0.3 is 15.3 Å². The number of Topliss-reactive ketones (excluding diaryl/α,β-unsaturated/α-hetero) is 1. The average Bonchev–Trinajstić information content (AvgIpc) is 2.53. The average molecular weight is 328 g/mol. The third kappa shape index (κ3) is 4.51. The molecule has 3 N–H and O–H groups in total. The Labute approximate surface area is 142 Å².